The van der Waals surface area contributed by atoms with Gasteiger partial charge in [0, 0.05) is 40.7 Å². The Labute approximate surface area is 292 Å². The first-order chi connectivity index (χ1) is 23.8. The number of methoxy groups -OCH3 is 2. The van der Waals surface area contributed by atoms with Crippen LogP contribution >= 0.6 is 11.6 Å². The van der Waals surface area contributed by atoms with Crippen LogP contribution in [0.15, 0.2) is 91.1 Å². The molecular formula is C40H42ClN5O3. The van der Waals surface area contributed by atoms with Crippen LogP contribution in [0.5, 0.6) is 11.5 Å². The van der Waals surface area contributed by atoms with E-state index in [0.717, 1.165) is 56.7 Å². The molecule has 8 nitrogen and oxygen atoms in total. The summed E-state index contributed by atoms with van der Waals surface area (Å²) in [5, 5.41) is 5.87. The minimum absolute atomic E-state index is 0.0258. The highest BCUT2D eigenvalue weighted by atomic mass is 35.5. The Kier molecular flexibility index (Phi) is 10.4. The van der Waals surface area contributed by atoms with E-state index < -0.39 is 0 Å². The molecule has 1 N–H and O–H groups in total. The predicted molar refractivity (Wildman–Crippen MR) is 196 cm³/mol. The lowest BCUT2D eigenvalue weighted by Crippen LogP contribution is -2.26. The van der Waals surface area contributed by atoms with Crippen molar-refractivity contribution in [3.63, 3.8) is 0 Å². The number of aromatic nitrogens is 4. The van der Waals surface area contributed by atoms with Crippen molar-refractivity contribution in [1.82, 2.24) is 24.8 Å². The molecule has 0 spiro atoms. The van der Waals surface area contributed by atoms with Crippen LogP contribution in [0.4, 0.5) is 0 Å². The van der Waals surface area contributed by atoms with Crippen LogP contribution in [-0.2, 0) is 17.8 Å². The van der Waals surface area contributed by atoms with Gasteiger partial charge in [0.25, 0.3) is 0 Å². The summed E-state index contributed by atoms with van der Waals surface area (Å²) in [7, 11) is 3.17. The van der Waals surface area contributed by atoms with Crippen molar-refractivity contribution < 1.29 is 14.3 Å². The van der Waals surface area contributed by atoms with Gasteiger partial charge in [-0.3, -0.25) is 14.8 Å². The summed E-state index contributed by atoms with van der Waals surface area (Å²) < 4.78 is 13.0. The molecule has 3 aromatic carbocycles. The molecule has 49 heavy (non-hydrogen) atoms. The maximum absolute atomic E-state index is 13.2. The van der Waals surface area contributed by atoms with Gasteiger partial charge in [0.15, 0.2) is 11.5 Å². The SMILES string of the molecule is COc1ccc(CC(C)CCC(=O)NCc2ncc(C(C)c3ccc4ccccc4n3)n2C(C)c2ccc3ccccc3n2)c(Cl)c1OC. The second kappa shape index (κ2) is 15.1. The van der Waals surface area contributed by atoms with E-state index in [1.54, 1.807) is 14.2 Å². The molecule has 3 heterocycles. The number of rotatable bonds is 13. The third kappa shape index (κ3) is 7.39. The summed E-state index contributed by atoms with van der Waals surface area (Å²) in [5.41, 5.74) is 5.75. The van der Waals surface area contributed by atoms with Gasteiger partial charge in [0.2, 0.25) is 5.91 Å². The maximum Gasteiger partial charge on any atom is 0.220 e. The molecule has 0 aliphatic heterocycles. The monoisotopic (exact) mass is 675 g/mol. The van der Waals surface area contributed by atoms with Crippen LogP contribution in [0.2, 0.25) is 5.02 Å². The average Bonchev–Trinajstić information content (AvgIpc) is 3.56. The number of ether oxygens (including phenoxy) is 2. The van der Waals surface area contributed by atoms with Gasteiger partial charge in [-0.15, -0.1) is 0 Å². The number of carbonyl (C=O) groups is 1. The summed E-state index contributed by atoms with van der Waals surface area (Å²) >= 11 is 6.62. The molecule has 6 aromatic rings. The second-order valence-electron chi connectivity index (χ2n) is 12.6. The van der Waals surface area contributed by atoms with Crippen molar-refractivity contribution in [3.8, 4) is 11.5 Å². The molecule has 0 aliphatic rings. The van der Waals surface area contributed by atoms with Crippen molar-refractivity contribution in [1.29, 1.82) is 0 Å². The van der Waals surface area contributed by atoms with Crippen molar-refractivity contribution in [3.05, 3.63) is 125 Å². The lowest BCUT2D eigenvalue weighted by Gasteiger charge is -2.23. The van der Waals surface area contributed by atoms with Crippen molar-refractivity contribution >= 4 is 39.3 Å². The Morgan fingerprint density at radius 1 is 0.837 bits per heavy atom. The topological polar surface area (TPSA) is 91.2 Å². The molecule has 3 aromatic heterocycles. The van der Waals surface area contributed by atoms with Gasteiger partial charge in [0.05, 0.1) is 48.6 Å². The Balaban J connectivity index is 1.20. The zero-order chi connectivity index (χ0) is 34.5. The number of halogens is 1. The number of carbonyl (C=O) groups excluding carboxylic acids is 1. The Morgan fingerprint density at radius 3 is 2.16 bits per heavy atom. The van der Waals surface area contributed by atoms with Crippen molar-refractivity contribution in [2.24, 2.45) is 5.92 Å². The fraction of sp³-hybridized carbons (Fsp3) is 0.300. The van der Waals surface area contributed by atoms with Crippen LogP contribution in [-0.4, -0.2) is 39.6 Å². The fourth-order valence-electron chi connectivity index (χ4n) is 6.44. The number of hydrogen-bond donors (Lipinski definition) is 1. The number of fused-ring (bicyclic) bond motifs is 2. The maximum atomic E-state index is 13.2. The van der Waals surface area contributed by atoms with Crippen LogP contribution < -0.4 is 14.8 Å². The van der Waals surface area contributed by atoms with Gasteiger partial charge < -0.3 is 19.4 Å². The highest BCUT2D eigenvalue weighted by Crippen LogP contribution is 2.38. The molecular weight excluding hydrogens is 634 g/mol. The predicted octanol–water partition coefficient (Wildman–Crippen LogP) is 8.69. The second-order valence-corrected chi connectivity index (χ2v) is 13.0. The van der Waals surface area contributed by atoms with E-state index in [2.05, 4.69) is 67.1 Å². The molecule has 3 unspecified atom stereocenters. The van der Waals surface area contributed by atoms with Crippen LogP contribution in [0.1, 0.15) is 74.0 Å². The number of pyridine rings is 2. The summed E-state index contributed by atoms with van der Waals surface area (Å²) in [4.78, 5) is 28.0. The Morgan fingerprint density at radius 2 is 1.49 bits per heavy atom. The molecule has 0 aliphatic carbocycles. The summed E-state index contributed by atoms with van der Waals surface area (Å²) in [5.74, 6) is 2.04. The molecule has 0 fully saturated rings. The van der Waals surface area contributed by atoms with E-state index >= 15 is 0 Å². The van der Waals surface area contributed by atoms with Gasteiger partial charge >= 0.3 is 0 Å². The average molecular weight is 676 g/mol. The normalized spacial score (nSPS) is 13.3. The van der Waals surface area contributed by atoms with Gasteiger partial charge in [-0.1, -0.05) is 80.0 Å². The van der Waals surface area contributed by atoms with E-state index in [1.807, 2.05) is 54.7 Å². The van der Waals surface area contributed by atoms with Crippen molar-refractivity contribution in [2.75, 3.05) is 14.2 Å². The first kappa shape index (κ1) is 33.9. The summed E-state index contributed by atoms with van der Waals surface area (Å²) in [6, 6.07) is 28.3. The molecule has 9 heteroatoms. The zero-order valence-electron chi connectivity index (χ0n) is 28.6. The number of imidazole rings is 1. The van der Waals surface area contributed by atoms with E-state index in [4.69, 9.17) is 36.0 Å². The molecule has 0 radical (unpaired) electrons. The van der Waals surface area contributed by atoms with Crippen LogP contribution in [0.3, 0.4) is 0 Å². The van der Waals surface area contributed by atoms with E-state index in [9.17, 15) is 4.79 Å². The minimum atomic E-state index is -0.136. The Bertz CT molecular complexity index is 2090. The molecule has 3 atom stereocenters. The minimum Gasteiger partial charge on any atom is -0.493 e. The molecule has 0 saturated heterocycles. The highest BCUT2D eigenvalue weighted by molar-refractivity contribution is 6.33. The highest BCUT2D eigenvalue weighted by Gasteiger charge is 2.24. The number of para-hydroxylation sites is 2. The number of benzene rings is 3. The van der Waals surface area contributed by atoms with Gasteiger partial charge in [-0.2, -0.15) is 0 Å². The lowest BCUT2D eigenvalue weighted by molar-refractivity contribution is -0.121. The van der Waals surface area contributed by atoms with Crippen LogP contribution in [0.25, 0.3) is 21.8 Å². The van der Waals surface area contributed by atoms with Crippen LogP contribution in [0, 0.1) is 5.92 Å². The quantitative estimate of drug-likeness (QED) is 0.132. The molecule has 0 saturated carbocycles. The third-order valence-electron chi connectivity index (χ3n) is 9.29. The smallest absolute Gasteiger partial charge is 0.220 e. The van der Waals surface area contributed by atoms with Crippen molar-refractivity contribution in [2.45, 2.75) is 58.5 Å². The number of hydrogen-bond acceptors (Lipinski definition) is 6. The summed E-state index contributed by atoms with van der Waals surface area (Å²) in [6.07, 6.45) is 3.73. The largest absolute Gasteiger partial charge is 0.493 e. The van der Waals surface area contributed by atoms with Gasteiger partial charge in [0.1, 0.15) is 5.82 Å². The standard InChI is InChI=1S/C40H42ClN5O3/c1-25(22-30-17-20-36(48-4)40(49-5)39(30)41)14-21-38(47)43-24-37-42-23-35(26(2)31-18-15-28-10-6-8-12-33(28)44-31)46(37)27(3)32-19-16-29-11-7-9-13-34(29)45-32/h6-13,15-20,23,25-27H,14,21-22,24H2,1-5H3,(H,43,47). The molecule has 0 bridgehead atoms. The molecule has 1 amide bonds. The van der Waals surface area contributed by atoms with E-state index in [-0.39, 0.29) is 23.8 Å². The Hall–Kier alpha value is -4.95. The molecule has 6 rings (SSSR count). The van der Waals surface area contributed by atoms with Gasteiger partial charge in [-0.25, -0.2) is 4.98 Å². The van der Waals surface area contributed by atoms with E-state index in [1.165, 1.54) is 0 Å². The number of amides is 1. The first-order valence-corrected chi connectivity index (χ1v) is 17.1. The number of nitrogens with zero attached hydrogens (tertiary/aromatic N) is 4. The lowest BCUT2D eigenvalue weighted by atomic mass is 9.96. The molecule has 252 valence electrons. The number of nitrogens with one attached hydrogen (secondary N) is 1. The fourth-order valence-corrected chi connectivity index (χ4v) is 6.75. The zero-order valence-corrected chi connectivity index (χ0v) is 29.4. The first-order valence-electron chi connectivity index (χ1n) is 16.7. The third-order valence-corrected chi connectivity index (χ3v) is 9.70. The van der Waals surface area contributed by atoms with Gasteiger partial charge in [-0.05, 0) is 61.6 Å². The summed E-state index contributed by atoms with van der Waals surface area (Å²) in [6.45, 7) is 6.71. The van der Waals surface area contributed by atoms with E-state index in [0.29, 0.717) is 35.9 Å².